The van der Waals surface area contributed by atoms with Crippen LogP contribution in [0.1, 0.15) is 10.4 Å². The summed E-state index contributed by atoms with van der Waals surface area (Å²) in [6.07, 6.45) is 3.55. The van der Waals surface area contributed by atoms with Crippen LogP contribution in [-0.4, -0.2) is 34.8 Å². The molecule has 0 aliphatic rings. The van der Waals surface area contributed by atoms with E-state index in [0.29, 0.717) is 22.9 Å². The number of carbonyl (C=O) groups is 1. The van der Waals surface area contributed by atoms with Crippen LogP contribution < -0.4 is 14.8 Å². The Morgan fingerprint density at radius 3 is 2.68 bits per heavy atom. The second kappa shape index (κ2) is 7.40. The number of rotatable bonds is 5. The van der Waals surface area contributed by atoms with Crippen LogP contribution in [0.2, 0.25) is 0 Å². The molecule has 0 unspecified atom stereocenters. The summed E-state index contributed by atoms with van der Waals surface area (Å²) >= 11 is 0. The van der Waals surface area contributed by atoms with Gasteiger partial charge in [0.25, 0.3) is 5.91 Å². The highest BCUT2D eigenvalue weighted by atomic mass is 16.5. The van der Waals surface area contributed by atoms with Gasteiger partial charge in [-0.1, -0.05) is 0 Å². The zero-order valence-corrected chi connectivity index (χ0v) is 15.4. The molecule has 4 rings (SSSR count). The molecule has 1 N–H and O–H groups in total. The Labute approximate surface area is 161 Å². The van der Waals surface area contributed by atoms with E-state index in [1.807, 2.05) is 30.5 Å². The Kier molecular flexibility index (Phi) is 4.63. The van der Waals surface area contributed by atoms with Gasteiger partial charge in [0.2, 0.25) is 5.88 Å². The van der Waals surface area contributed by atoms with E-state index in [1.165, 1.54) is 0 Å². The van der Waals surface area contributed by atoms with Gasteiger partial charge in [-0.2, -0.15) is 5.10 Å². The maximum atomic E-state index is 11.8. The Balaban J connectivity index is 1.66. The SMILES string of the molecule is CNC(=O)c1ccc2nc(Oc3cc(OC)cc(-n4cccn4)c3)ccc2c1. The predicted molar refractivity (Wildman–Crippen MR) is 105 cm³/mol. The number of amides is 1. The second-order valence-electron chi connectivity index (χ2n) is 6.06. The summed E-state index contributed by atoms with van der Waals surface area (Å²) in [5.74, 6) is 1.54. The molecule has 7 nitrogen and oxygen atoms in total. The van der Waals surface area contributed by atoms with Gasteiger partial charge >= 0.3 is 0 Å². The van der Waals surface area contributed by atoms with Crippen molar-refractivity contribution >= 4 is 16.8 Å². The summed E-state index contributed by atoms with van der Waals surface area (Å²) in [7, 11) is 3.21. The van der Waals surface area contributed by atoms with E-state index in [2.05, 4.69) is 15.4 Å². The Morgan fingerprint density at radius 2 is 1.93 bits per heavy atom. The summed E-state index contributed by atoms with van der Waals surface area (Å²) < 4.78 is 13.0. The van der Waals surface area contributed by atoms with E-state index in [-0.39, 0.29) is 5.91 Å². The lowest BCUT2D eigenvalue weighted by Gasteiger charge is -2.11. The van der Waals surface area contributed by atoms with Crippen LogP contribution in [0.25, 0.3) is 16.6 Å². The fourth-order valence-electron chi connectivity index (χ4n) is 2.86. The van der Waals surface area contributed by atoms with E-state index >= 15 is 0 Å². The molecule has 1 amide bonds. The van der Waals surface area contributed by atoms with E-state index < -0.39 is 0 Å². The average Bonchev–Trinajstić information content (AvgIpc) is 3.27. The molecule has 0 saturated heterocycles. The third-order valence-electron chi connectivity index (χ3n) is 4.24. The first kappa shape index (κ1) is 17.5. The number of ether oxygens (including phenoxy) is 2. The molecule has 28 heavy (non-hydrogen) atoms. The molecule has 140 valence electrons. The quantitative estimate of drug-likeness (QED) is 0.578. The minimum Gasteiger partial charge on any atom is -0.497 e. The number of benzene rings is 2. The van der Waals surface area contributed by atoms with Crippen LogP contribution >= 0.6 is 0 Å². The summed E-state index contributed by atoms with van der Waals surface area (Å²) in [6.45, 7) is 0. The number of hydrogen-bond donors (Lipinski definition) is 1. The lowest BCUT2D eigenvalue weighted by atomic mass is 10.1. The van der Waals surface area contributed by atoms with Crippen molar-refractivity contribution in [2.45, 2.75) is 0 Å². The summed E-state index contributed by atoms with van der Waals surface area (Å²) in [6, 6.07) is 16.3. The highest BCUT2D eigenvalue weighted by molar-refractivity contribution is 5.97. The number of methoxy groups -OCH3 is 1. The Bertz CT molecular complexity index is 1140. The van der Waals surface area contributed by atoms with Gasteiger partial charge < -0.3 is 14.8 Å². The molecule has 2 heterocycles. The summed E-state index contributed by atoms with van der Waals surface area (Å²) in [5, 5.41) is 7.71. The number of carbonyl (C=O) groups excluding carboxylic acids is 1. The molecule has 0 atom stereocenters. The predicted octanol–water partition coefficient (Wildman–Crippen LogP) is 3.58. The molecule has 0 spiro atoms. The van der Waals surface area contributed by atoms with E-state index in [0.717, 1.165) is 16.6 Å². The first-order chi connectivity index (χ1) is 13.7. The van der Waals surface area contributed by atoms with Crippen molar-refractivity contribution in [1.82, 2.24) is 20.1 Å². The lowest BCUT2D eigenvalue weighted by Crippen LogP contribution is -2.17. The minimum atomic E-state index is -0.134. The largest absolute Gasteiger partial charge is 0.497 e. The van der Waals surface area contributed by atoms with Crippen molar-refractivity contribution in [2.24, 2.45) is 0 Å². The molecule has 0 fully saturated rings. The first-order valence-electron chi connectivity index (χ1n) is 8.66. The van der Waals surface area contributed by atoms with Gasteiger partial charge in [0.1, 0.15) is 11.5 Å². The summed E-state index contributed by atoms with van der Waals surface area (Å²) in [4.78, 5) is 16.3. The topological polar surface area (TPSA) is 78.3 Å². The molecule has 7 heteroatoms. The normalized spacial score (nSPS) is 10.6. The molecule has 2 aromatic carbocycles. The number of hydrogen-bond acceptors (Lipinski definition) is 5. The highest BCUT2D eigenvalue weighted by Crippen LogP contribution is 2.29. The molecule has 0 saturated carbocycles. The van der Waals surface area contributed by atoms with Crippen LogP contribution in [0.3, 0.4) is 0 Å². The van der Waals surface area contributed by atoms with Crippen molar-refractivity contribution in [3.05, 3.63) is 72.6 Å². The molecule has 2 aromatic heterocycles. The zero-order valence-electron chi connectivity index (χ0n) is 15.4. The van der Waals surface area contributed by atoms with E-state index in [1.54, 1.807) is 55.4 Å². The lowest BCUT2D eigenvalue weighted by molar-refractivity contribution is 0.0963. The molecule has 4 aromatic rings. The minimum absolute atomic E-state index is 0.134. The molecule has 0 radical (unpaired) electrons. The van der Waals surface area contributed by atoms with E-state index in [9.17, 15) is 4.79 Å². The highest BCUT2D eigenvalue weighted by Gasteiger charge is 2.09. The number of fused-ring (bicyclic) bond motifs is 1. The molecule has 0 bridgehead atoms. The summed E-state index contributed by atoms with van der Waals surface area (Å²) in [5.41, 5.74) is 2.14. The van der Waals surface area contributed by atoms with Gasteiger partial charge in [0, 0.05) is 54.7 Å². The van der Waals surface area contributed by atoms with Crippen molar-refractivity contribution in [3.8, 4) is 23.1 Å². The first-order valence-corrected chi connectivity index (χ1v) is 8.66. The van der Waals surface area contributed by atoms with Crippen LogP contribution in [0.4, 0.5) is 0 Å². The second-order valence-corrected chi connectivity index (χ2v) is 6.06. The van der Waals surface area contributed by atoms with Crippen LogP contribution in [0, 0.1) is 0 Å². The van der Waals surface area contributed by atoms with Crippen LogP contribution in [-0.2, 0) is 0 Å². The van der Waals surface area contributed by atoms with Gasteiger partial charge in [-0.05, 0) is 30.3 Å². The maximum absolute atomic E-state index is 11.8. The van der Waals surface area contributed by atoms with Crippen molar-refractivity contribution in [1.29, 1.82) is 0 Å². The van der Waals surface area contributed by atoms with Crippen LogP contribution in [0.5, 0.6) is 17.4 Å². The Morgan fingerprint density at radius 1 is 1.07 bits per heavy atom. The van der Waals surface area contributed by atoms with Crippen LogP contribution in [0.15, 0.2) is 67.0 Å². The maximum Gasteiger partial charge on any atom is 0.251 e. The average molecular weight is 374 g/mol. The third-order valence-corrected chi connectivity index (χ3v) is 4.24. The number of aromatic nitrogens is 3. The number of nitrogens with one attached hydrogen (secondary N) is 1. The van der Waals surface area contributed by atoms with E-state index in [4.69, 9.17) is 9.47 Å². The Hall–Kier alpha value is -3.87. The van der Waals surface area contributed by atoms with Crippen molar-refractivity contribution < 1.29 is 14.3 Å². The monoisotopic (exact) mass is 374 g/mol. The van der Waals surface area contributed by atoms with Gasteiger partial charge in [0.15, 0.2) is 0 Å². The number of nitrogens with zero attached hydrogens (tertiary/aromatic N) is 3. The fraction of sp³-hybridized carbons (Fsp3) is 0.0952. The van der Waals surface area contributed by atoms with Crippen molar-refractivity contribution in [3.63, 3.8) is 0 Å². The third kappa shape index (κ3) is 3.50. The zero-order chi connectivity index (χ0) is 19.5. The fourth-order valence-corrected chi connectivity index (χ4v) is 2.86. The van der Waals surface area contributed by atoms with Gasteiger partial charge in [-0.25, -0.2) is 9.67 Å². The van der Waals surface area contributed by atoms with Gasteiger partial charge in [0.05, 0.1) is 18.3 Å². The standard InChI is InChI=1S/C21H18N4O3/c1-22-21(26)15-4-6-19-14(10-15)5-7-20(24-19)28-18-12-16(11-17(13-18)27-2)25-9-3-8-23-25/h3-13H,1-2H3,(H,22,26). The molecular formula is C21H18N4O3. The van der Waals surface area contributed by atoms with Gasteiger partial charge in [-0.15, -0.1) is 0 Å². The smallest absolute Gasteiger partial charge is 0.251 e. The van der Waals surface area contributed by atoms with Crippen molar-refractivity contribution in [2.75, 3.05) is 14.2 Å². The molecular weight excluding hydrogens is 356 g/mol. The number of pyridine rings is 1. The molecule has 0 aliphatic carbocycles. The molecule has 0 aliphatic heterocycles. The van der Waals surface area contributed by atoms with Gasteiger partial charge in [-0.3, -0.25) is 4.79 Å².